The molecule has 4 heteroatoms. The summed E-state index contributed by atoms with van der Waals surface area (Å²) in [6, 6.07) is 2.24. The Morgan fingerprint density at radius 1 is 0.812 bits per heavy atom. The molecule has 0 saturated heterocycles. The molecule has 2 aromatic rings. The molecule has 0 aliphatic heterocycles. The van der Waals surface area contributed by atoms with E-state index < -0.39 is 0 Å². The number of nitrogens with one attached hydrogen (secondary N) is 1. The van der Waals surface area contributed by atoms with Gasteiger partial charge in [-0.15, -0.1) is 0 Å². The van der Waals surface area contributed by atoms with Gasteiger partial charge in [-0.25, -0.2) is 0 Å². The molecular formula is C28H42N2Ru2. The monoisotopic (exact) mass is 610 g/mol. The van der Waals surface area contributed by atoms with Crippen molar-refractivity contribution in [3.05, 3.63) is 80.1 Å². The van der Waals surface area contributed by atoms with Crippen LogP contribution in [0.25, 0.3) is 0 Å². The van der Waals surface area contributed by atoms with Gasteiger partial charge in [-0.05, 0) is 0 Å². The van der Waals surface area contributed by atoms with Crippen molar-refractivity contribution in [2.24, 2.45) is 0 Å². The molecule has 0 amide bonds. The minimum absolute atomic E-state index is 0.175. The van der Waals surface area contributed by atoms with E-state index in [4.69, 9.17) is 0 Å². The van der Waals surface area contributed by atoms with E-state index in [0.29, 0.717) is 0 Å². The van der Waals surface area contributed by atoms with Crippen molar-refractivity contribution < 1.29 is 34.3 Å². The number of nitrogens with zero attached hydrogens (tertiary/aromatic N) is 1. The molecule has 1 N–H and O–H groups in total. The number of hydrogen-bond acceptors (Lipinski definition) is 0. The summed E-state index contributed by atoms with van der Waals surface area (Å²) in [7, 11) is 0. The standard InChI is InChI=1S/C12H20N.C6H8N.2C5H7.2Ru/c1-5-10-9-13(8-4)12(7-3)11(10)6-2;1-5-3-4-6(2)7-5;2*1-3-5-4-2;;/h5-8H2,1-4H3;3,7H,1-2H3;2*1,3-5H,2H3;;. The molecule has 0 unspecified atom stereocenters. The molecule has 32 heavy (non-hydrogen) atoms. The Bertz CT molecular complexity index is 894. The summed E-state index contributed by atoms with van der Waals surface area (Å²) >= 11 is 0.401. The van der Waals surface area contributed by atoms with Crippen LogP contribution in [0.4, 0.5) is 0 Å². The fourth-order valence-electron chi connectivity index (χ4n) is 3.63. The molecule has 2 aromatic heterocycles. The second-order valence-electron chi connectivity index (χ2n) is 7.28. The summed E-state index contributed by atoms with van der Waals surface area (Å²) in [5, 5.41) is 0. The zero-order valence-electron chi connectivity index (χ0n) is 21.2. The van der Waals surface area contributed by atoms with Crippen molar-refractivity contribution >= 4 is 8.45 Å². The van der Waals surface area contributed by atoms with Crippen LogP contribution in [0.5, 0.6) is 0 Å². The molecule has 0 aromatic carbocycles. The normalized spacial score (nSPS) is 12.2. The van der Waals surface area contributed by atoms with E-state index in [1.807, 2.05) is 13.0 Å². The molecule has 0 radical (unpaired) electrons. The van der Waals surface area contributed by atoms with E-state index in [9.17, 15) is 0 Å². The zero-order valence-corrected chi connectivity index (χ0v) is 24.7. The maximum atomic E-state index is 3.32. The average molecular weight is 609 g/mol. The van der Waals surface area contributed by atoms with Gasteiger partial charge in [0.2, 0.25) is 0 Å². The topological polar surface area (TPSA) is 20.7 Å². The molecule has 180 valence electrons. The molecule has 2 nitrogen and oxygen atoms in total. The van der Waals surface area contributed by atoms with Crippen LogP contribution in [0.2, 0.25) is 0 Å². The summed E-state index contributed by atoms with van der Waals surface area (Å²) in [5.41, 5.74) is 7.41. The van der Waals surface area contributed by atoms with Crippen molar-refractivity contribution in [1.29, 1.82) is 0 Å². The number of aromatic amines is 1. The summed E-state index contributed by atoms with van der Waals surface area (Å²) in [4.78, 5) is 3.32. The van der Waals surface area contributed by atoms with Crippen LogP contribution in [0.3, 0.4) is 0 Å². The molecule has 0 spiro atoms. The Morgan fingerprint density at radius 2 is 1.41 bits per heavy atom. The first-order valence-electron chi connectivity index (χ1n) is 11.6. The number of rotatable bonds is 10. The first-order chi connectivity index (χ1) is 15.5. The van der Waals surface area contributed by atoms with Gasteiger partial charge < -0.3 is 0 Å². The molecular weight excluding hydrogens is 566 g/mol. The summed E-state index contributed by atoms with van der Waals surface area (Å²) in [6.45, 7) is 18.6. The quantitative estimate of drug-likeness (QED) is 0.237. The predicted octanol–water partition coefficient (Wildman–Crippen LogP) is 6.42. The molecule has 0 fully saturated rings. The number of aryl methyl sites for hydroxylation is 2. The van der Waals surface area contributed by atoms with E-state index >= 15 is 0 Å². The van der Waals surface area contributed by atoms with Gasteiger partial charge >= 0.3 is 214 Å². The van der Waals surface area contributed by atoms with Crippen LogP contribution in [0.1, 0.15) is 69.8 Å². The van der Waals surface area contributed by atoms with Crippen molar-refractivity contribution in [1.82, 2.24) is 9.55 Å². The van der Waals surface area contributed by atoms with Crippen molar-refractivity contribution in [3.63, 3.8) is 0 Å². The summed E-state index contributed by atoms with van der Waals surface area (Å²) in [5.74, 6) is 0. The van der Waals surface area contributed by atoms with Crippen LogP contribution < -0.4 is 8.45 Å². The SMILES string of the molecule is CC=CC=[CH][Ru][c]1c(CC)c(CC)c(CC)n1CC.CC=CC=[CH][Ru][c]1cc(C)[nH]c1C. The molecule has 0 saturated carbocycles. The fourth-order valence-corrected chi connectivity index (χ4v) is 7.60. The van der Waals surface area contributed by atoms with Crippen LogP contribution in [0, 0.1) is 13.8 Å². The second-order valence-corrected chi connectivity index (χ2v) is 11.2. The predicted molar refractivity (Wildman–Crippen MR) is 136 cm³/mol. The van der Waals surface area contributed by atoms with Crippen molar-refractivity contribution in [2.45, 2.75) is 81.2 Å². The minimum atomic E-state index is 0.175. The third kappa shape index (κ3) is 8.61. The van der Waals surface area contributed by atoms with Crippen LogP contribution in [0.15, 0.2) is 51.9 Å². The Kier molecular flexibility index (Phi) is 14.8. The van der Waals surface area contributed by atoms with Crippen LogP contribution in [-0.4, -0.2) is 9.55 Å². The number of H-pyrrole nitrogens is 1. The number of hydrogen-bond donors (Lipinski definition) is 1. The third-order valence-electron chi connectivity index (χ3n) is 5.01. The molecule has 2 rings (SSSR count). The first kappa shape index (κ1) is 28.8. The van der Waals surface area contributed by atoms with Crippen molar-refractivity contribution in [2.75, 3.05) is 0 Å². The van der Waals surface area contributed by atoms with Gasteiger partial charge in [-0.3, -0.25) is 0 Å². The van der Waals surface area contributed by atoms with E-state index in [1.54, 1.807) is 21.1 Å². The van der Waals surface area contributed by atoms with E-state index in [-0.39, 0.29) is 34.3 Å². The fraction of sp³-hybridized carbons (Fsp3) is 0.429. The zero-order chi connectivity index (χ0) is 23.9. The van der Waals surface area contributed by atoms with Crippen molar-refractivity contribution in [3.8, 4) is 0 Å². The molecule has 0 aliphatic carbocycles. The van der Waals surface area contributed by atoms with E-state index in [2.05, 4.69) is 104 Å². The van der Waals surface area contributed by atoms with Gasteiger partial charge in [0.15, 0.2) is 0 Å². The summed E-state index contributed by atoms with van der Waals surface area (Å²) < 4.78 is 10.3. The summed E-state index contributed by atoms with van der Waals surface area (Å²) in [6.07, 6.45) is 16.2. The molecule has 0 aliphatic rings. The van der Waals surface area contributed by atoms with Gasteiger partial charge in [0.25, 0.3) is 0 Å². The van der Waals surface area contributed by atoms with Gasteiger partial charge in [0.1, 0.15) is 0 Å². The molecule has 0 atom stereocenters. The van der Waals surface area contributed by atoms with Gasteiger partial charge in [0.05, 0.1) is 0 Å². The third-order valence-corrected chi connectivity index (χ3v) is 9.17. The number of aromatic nitrogens is 2. The molecule has 0 bridgehead atoms. The van der Waals surface area contributed by atoms with Gasteiger partial charge in [-0.2, -0.15) is 0 Å². The van der Waals surface area contributed by atoms with E-state index in [0.717, 1.165) is 13.0 Å². The Balaban J connectivity index is 0.000000343. The average Bonchev–Trinajstić information content (AvgIpc) is 3.28. The first-order valence-corrected chi connectivity index (χ1v) is 15.4. The van der Waals surface area contributed by atoms with Gasteiger partial charge in [-0.1, -0.05) is 0 Å². The van der Waals surface area contributed by atoms with Crippen LogP contribution >= 0.6 is 0 Å². The Labute approximate surface area is 212 Å². The van der Waals surface area contributed by atoms with Gasteiger partial charge in [0, 0.05) is 0 Å². The molecule has 2 heterocycles. The van der Waals surface area contributed by atoms with E-state index in [1.165, 1.54) is 28.4 Å². The second kappa shape index (κ2) is 16.4. The van der Waals surface area contributed by atoms with Crippen LogP contribution in [-0.2, 0) is 60.1 Å². The number of allylic oxidation sites excluding steroid dienone is 6. The Hall–Kier alpha value is -1.23. The maximum absolute atomic E-state index is 3.32. The Morgan fingerprint density at radius 3 is 1.84 bits per heavy atom.